The van der Waals surface area contributed by atoms with Gasteiger partial charge < -0.3 is 4.74 Å². The summed E-state index contributed by atoms with van der Waals surface area (Å²) in [5.41, 5.74) is 0. The number of halogens is 4. The van der Waals surface area contributed by atoms with Crippen LogP contribution in [-0.4, -0.2) is 6.61 Å². The van der Waals surface area contributed by atoms with E-state index < -0.39 is 29.0 Å². The molecule has 0 atom stereocenters. The highest BCUT2D eigenvalue weighted by Crippen LogP contribution is 2.32. The lowest BCUT2D eigenvalue weighted by molar-refractivity contribution is 0.172. The molecule has 2 rings (SSSR count). The van der Waals surface area contributed by atoms with Crippen molar-refractivity contribution in [3.05, 3.63) is 29.3 Å². The molecule has 0 aromatic heterocycles. The second-order valence-corrected chi connectivity index (χ2v) is 5.78. The third-order valence-electron chi connectivity index (χ3n) is 4.21. The Morgan fingerprint density at radius 1 is 0.952 bits per heavy atom. The molecule has 1 aromatic carbocycles. The van der Waals surface area contributed by atoms with Crippen LogP contribution < -0.4 is 4.74 Å². The SMILES string of the molecule is CCCC1CCC(COc2cc(F)c(F)c(F)c2F)CC1. The summed E-state index contributed by atoms with van der Waals surface area (Å²) in [6.45, 7) is 2.37. The Kier molecular flexibility index (Phi) is 5.48. The van der Waals surface area contributed by atoms with Crippen LogP contribution in [0.2, 0.25) is 0 Å². The molecule has 1 aliphatic carbocycles. The molecule has 0 aliphatic heterocycles. The van der Waals surface area contributed by atoms with Gasteiger partial charge in [0.15, 0.2) is 17.4 Å². The Morgan fingerprint density at radius 3 is 2.19 bits per heavy atom. The first kappa shape index (κ1) is 16.1. The highest BCUT2D eigenvalue weighted by Gasteiger charge is 2.23. The molecule has 5 heteroatoms. The van der Waals surface area contributed by atoms with Crippen molar-refractivity contribution in [3.63, 3.8) is 0 Å². The second kappa shape index (κ2) is 7.14. The Balaban J connectivity index is 1.90. The van der Waals surface area contributed by atoms with Gasteiger partial charge in [0.25, 0.3) is 0 Å². The first-order valence-electron chi connectivity index (χ1n) is 7.48. The third-order valence-corrected chi connectivity index (χ3v) is 4.21. The summed E-state index contributed by atoms with van der Waals surface area (Å²) in [5.74, 6) is -6.08. The zero-order valence-electron chi connectivity index (χ0n) is 12.1. The highest BCUT2D eigenvalue weighted by atomic mass is 19.2. The molecule has 1 fully saturated rings. The lowest BCUT2D eigenvalue weighted by Gasteiger charge is -2.28. The molecule has 0 radical (unpaired) electrons. The molecule has 0 unspecified atom stereocenters. The monoisotopic (exact) mass is 304 g/mol. The van der Waals surface area contributed by atoms with E-state index in [0.717, 1.165) is 31.6 Å². The maximum absolute atomic E-state index is 13.5. The molecule has 21 heavy (non-hydrogen) atoms. The Morgan fingerprint density at radius 2 is 1.57 bits per heavy atom. The average Bonchev–Trinajstić information content (AvgIpc) is 2.49. The van der Waals surface area contributed by atoms with Gasteiger partial charge in [0.2, 0.25) is 11.6 Å². The maximum Gasteiger partial charge on any atom is 0.203 e. The Bertz CT molecular complexity index is 482. The van der Waals surface area contributed by atoms with Crippen LogP contribution in [0.15, 0.2) is 6.07 Å². The minimum Gasteiger partial charge on any atom is -0.490 e. The third kappa shape index (κ3) is 3.89. The van der Waals surface area contributed by atoms with Crippen LogP contribution in [0.5, 0.6) is 5.75 Å². The fourth-order valence-electron chi connectivity index (χ4n) is 2.96. The van der Waals surface area contributed by atoms with Gasteiger partial charge in [-0.25, -0.2) is 13.2 Å². The van der Waals surface area contributed by atoms with Crippen LogP contribution in [0, 0.1) is 35.1 Å². The predicted octanol–water partition coefficient (Wildman–Crippen LogP) is 5.23. The molecule has 1 aliphatic rings. The zero-order chi connectivity index (χ0) is 15.4. The van der Waals surface area contributed by atoms with Crippen molar-refractivity contribution < 1.29 is 22.3 Å². The number of hydrogen-bond acceptors (Lipinski definition) is 1. The molecule has 0 bridgehead atoms. The van der Waals surface area contributed by atoms with Crippen molar-refractivity contribution in [1.29, 1.82) is 0 Å². The fraction of sp³-hybridized carbons (Fsp3) is 0.625. The predicted molar refractivity (Wildman–Crippen MR) is 72.1 cm³/mol. The van der Waals surface area contributed by atoms with E-state index in [1.54, 1.807) is 0 Å². The summed E-state index contributed by atoms with van der Waals surface area (Å²) in [5, 5.41) is 0. The first-order chi connectivity index (χ1) is 10.0. The van der Waals surface area contributed by atoms with E-state index in [-0.39, 0.29) is 12.5 Å². The van der Waals surface area contributed by atoms with Gasteiger partial charge in [0.1, 0.15) is 0 Å². The smallest absolute Gasteiger partial charge is 0.203 e. The highest BCUT2D eigenvalue weighted by molar-refractivity contribution is 5.27. The summed E-state index contributed by atoms with van der Waals surface area (Å²) in [6, 6.07) is 0.566. The normalized spacial score (nSPS) is 22.3. The fourth-order valence-corrected chi connectivity index (χ4v) is 2.96. The van der Waals surface area contributed by atoms with Gasteiger partial charge in [-0.3, -0.25) is 0 Å². The Hall–Kier alpha value is -1.26. The molecule has 0 amide bonds. The van der Waals surface area contributed by atoms with Gasteiger partial charge in [-0.2, -0.15) is 4.39 Å². The molecule has 1 saturated carbocycles. The number of benzene rings is 1. The van der Waals surface area contributed by atoms with Crippen molar-refractivity contribution in [1.82, 2.24) is 0 Å². The van der Waals surface area contributed by atoms with Crippen molar-refractivity contribution in [2.75, 3.05) is 6.61 Å². The number of ether oxygens (including phenoxy) is 1. The zero-order valence-corrected chi connectivity index (χ0v) is 12.1. The molecule has 0 spiro atoms. The van der Waals surface area contributed by atoms with Crippen LogP contribution in [0.25, 0.3) is 0 Å². The molecular formula is C16H20F4O. The average molecular weight is 304 g/mol. The van der Waals surface area contributed by atoms with E-state index in [9.17, 15) is 17.6 Å². The van der Waals surface area contributed by atoms with Crippen molar-refractivity contribution in [3.8, 4) is 5.75 Å². The van der Waals surface area contributed by atoms with Gasteiger partial charge in [-0.1, -0.05) is 32.6 Å². The standard InChI is InChI=1S/C16H20F4O/c1-2-3-10-4-6-11(7-5-10)9-21-13-8-12(17)14(18)16(20)15(13)19/h8,10-11H,2-7,9H2,1H3. The summed E-state index contributed by atoms with van der Waals surface area (Å²) in [7, 11) is 0. The van der Waals surface area contributed by atoms with Gasteiger partial charge in [-0.15, -0.1) is 0 Å². The van der Waals surface area contributed by atoms with Gasteiger partial charge in [0, 0.05) is 6.07 Å². The summed E-state index contributed by atoms with van der Waals surface area (Å²) >= 11 is 0. The molecule has 1 aromatic rings. The van der Waals surface area contributed by atoms with Gasteiger partial charge in [-0.05, 0) is 24.7 Å². The molecule has 118 valence electrons. The van der Waals surface area contributed by atoms with Crippen LogP contribution in [0.4, 0.5) is 17.6 Å². The van der Waals surface area contributed by atoms with Crippen LogP contribution >= 0.6 is 0 Å². The maximum atomic E-state index is 13.5. The topological polar surface area (TPSA) is 9.23 Å². The minimum absolute atomic E-state index is 0.209. The molecule has 0 saturated heterocycles. The quantitative estimate of drug-likeness (QED) is 0.411. The van der Waals surface area contributed by atoms with Crippen LogP contribution in [0.3, 0.4) is 0 Å². The number of rotatable bonds is 5. The Labute approximate surface area is 122 Å². The summed E-state index contributed by atoms with van der Waals surface area (Å²) in [6.07, 6.45) is 6.55. The largest absolute Gasteiger partial charge is 0.490 e. The van der Waals surface area contributed by atoms with E-state index in [1.807, 2.05) is 0 Å². The van der Waals surface area contributed by atoms with Gasteiger partial charge in [0.05, 0.1) is 6.61 Å². The lowest BCUT2D eigenvalue weighted by Crippen LogP contribution is -2.20. The van der Waals surface area contributed by atoms with E-state index >= 15 is 0 Å². The first-order valence-corrected chi connectivity index (χ1v) is 7.48. The van der Waals surface area contributed by atoms with Crippen molar-refractivity contribution in [2.45, 2.75) is 45.4 Å². The van der Waals surface area contributed by atoms with Gasteiger partial charge >= 0.3 is 0 Å². The van der Waals surface area contributed by atoms with E-state index in [4.69, 9.17) is 4.74 Å². The van der Waals surface area contributed by atoms with E-state index in [2.05, 4.69) is 6.92 Å². The van der Waals surface area contributed by atoms with E-state index in [1.165, 1.54) is 12.8 Å². The molecule has 0 N–H and O–H groups in total. The lowest BCUT2D eigenvalue weighted by atomic mass is 9.80. The van der Waals surface area contributed by atoms with Crippen LogP contribution in [-0.2, 0) is 0 Å². The summed E-state index contributed by atoms with van der Waals surface area (Å²) < 4.78 is 57.6. The van der Waals surface area contributed by atoms with E-state index in [0.29, 0.717) is 6.07 Å². The van der Waals surface area contributed by atoms with Crippen LogP contribution in [0.1, 0.15) is 45.4 Å². The summed E-state index contributed by atoms with van der Waals surface area (Å²) in [4.78, 5) is 0. The molecular weight excluding hydrogens is 284 g/mol. The van der Waals surface area contributed by atoms with Crippen molar-refractivity contribution in [2.24, 2.45) is 11.8 Å². The minimum atomic E-state index is -1.82. The second-order valence-electron chi connectivity index (χ2n) is 5.78. The molecule has 1 nitrogen and oxygen atoms in total. The molecule has 0 heterocycles. The van der Waals surface area contributed by atoms with Crippen molar-refractivity contribution >= 4 is 0 Å². The number of hydrogen-bond donors (Lipinski definition) is 0.